The fourth-order valence-corrected chi connectivity index (χ4v) is 11.8. The molecule has 6 heteroatoms. The molecule has 3 aromatic rings. The predicted octanol–water partition coefficient (Wildman–Crippen LogP) is 5.80. The summed E-state index contributed by atoms with van der Waals surface area (Å²) in [7, 11) is -1.19. The number of hydrogen-bond acceptors (Lipinski definition) is 5. The fourth-order valence-electron chi connectivity index (χ4n) is 7.26. The number of fused-ring (bicyclic) bond motifs is 3. The topological polar surface area (TPSA) is 61.8 Å². The molecule has 0 saturated carbocycles. The van der Waals surface area contributed by atoms with Gasteiger partial charge < -0.3 is 13.9 Å². The number of methoxy groups -OCH3 is 1. The van der Waals surface area contributed by atoms with Crippen LogP contribution in [0.15, 0.2) is 120 Å². The van der Waals surface area contributed by atoms with Crippen molar-refractivity contribution in [1.82, 2.24) is 0 Å². The van der Waals surface area contributed by atoms with Gasteiger partial charge in [0.25, 0.3) is 8.32 Å². The summed E-state index contributed by atoms with van der Waals surface area (Å²) in [5.41, 5.74) is 4.56. The minimum absolute atomic E-state index is 0.0299. The zero-order valence-corrected chi connectivity index (χ0v) is 26.3. The van der Waals surface area contributed by atoms with Crippen LogP contribution in [-0.4, -0.2) is 46.0 Å². The molecule has 3 aliphatic rings. The lowest BCUT2D eigenvalue weighted by molar-refractivity contribution is -0.138. The molecule has 0 radical (unpaired) electrons. The molecule has 0 spiro atoms. The highest BCUT2D eigenvalue weighted by Gasteiger charge is 2.53. The van der Waals surface area contributed by atoms with Gasteiger partial charge in [0.05, 0.1) is 18.6 Å². The first-order chi connectivity index (χ1) is 20.7. The quantitative estimate of drug-likeness (QED) is 0.198. The van der Waals surface area contributed by atoms with Crippen LogP contribution in [0.25, 0.3) is 5.57 Å². The minimum atomic E-state index is -2.86. The number of esters is 1. The van der Waals surface area contributed by atoms with Crippen molar-refractivity contribution in [2.45, 2.75) is 50.9 Å². The minimum Gasteiger partial charge on any atom is -0.453 e. The Morgan fingerprint density at radius 1 is 0.884 bits per heavy atom. The van der Waals surface area contributed by atoms with Crippen molar-refractivity contribution in [3.63, 3.8) is 0 Å². The Morgan fingerprint density at radius 2 is 1.44 bits per heavy atom. The molecule has 1 unspecified atom stereocenters. The van der Waals surface area contributed by atoms with E-state index in [9.17, 15) is 9.59 Å². The van der Waals surface area contributed by atoms with E-state index in [0.29, 0.717) is 24.2 Å². The van der Waals surface area contributed by atoms with Crippen LogP contribution in [-0.2, 0) is 23.5 Å². The Labute approximate surface area is 255 Å². The van der Waals surface area contributed by atoms with Gasteiger partial charge in [-0.25, -0.2) is 4.79 Å². The highest BCUT2D eigenvalue weighted by Crippen LogP contribution is 2.50. The summed E-state index contributed by atoms with van der Waals surface area (Å²) in [4.78, 5) is 26.7. The zero-order chi connectivity index (χ0) is 30.4. The first kappa shape index (κ1) is 29.2. The Morgan fingerprint density at radius 3 is 1.98 bits per heavy atom. The normalized spacial score (nSPS) is 22.4. The van der Waals surface area contributed by atoms with Crippen molar-refractivity contribution >= 4 is 36.0 Å². The number of ketones is 1. The molecule has 220 valence electrons. The van der Waals surface area contributed by atoms with Gasteiger partial charge in [-0.2, -0.15) is 0 Å². The standard InChI is InChI=1S/C37H38O5Si/c1-24-32-31(40-5)21-26(29-22-30(38)33(25-15-9-6-10-16-25)34(29)35(32)42-36(24)39)23-41-43(37(2,3)4,27-17-11-7-12-18-27)28-19-13-8-14-20-28/h6-20,31-32,35H,1,21-23H2,2-5H3/t31?,32-,35+/m0/s1. The Bertz CT molecular complexity index is 1580. The number of carbonyl (C=O) groups excluding carboxylic acids is 2. The summed E-state index contributed by atoms with van der Waals surface area (Å²) in [5, 5.41) is 2.18. The van der Waals surface area contributed by atoms with Crippen molar-refractivity contribution in [3.05, 3.63) is 125 Å². The number of ether oxygens (including phenoxy) is 2. The predicted molar refractivity (Wildman–Crippen MR) is 172 cm³/mol. The molecule has 5 nitrogen and oxygen atoms in total. The summed E-state index contributed by atoms with van der Waals surface area (Å²) in [6, 6.07) is 30.8. The number of hydrogen-bond donors (Lipinski definition) is 0. The average Bonchev–Trinajstić information content (AvgIpc) is 3.46. The monoisotopic (exact) mass is 590 g/mol. The molecule has 0 N–H and O–H groups in total. The van der Waals surface area contributed by atoms with E-state index in [2.05, 4.69) is 75.9 Å². The van der Waals surface area contributed by atoms with Gasteiger partial charge in [0, 0.05) is 30.2 Å². The number of carbonyl (C=O) groups is 2. The Balaban J connectivity index is 1.53. The van der Waals surface area contributed by atoms with E-state index in [4.69, 9.17) is 13.9 Å². The van der Waals surface area contributed by atoms with Crippen molar-refractivity contribution < 1.29 is 23.5 Å². The maximum absolute atomic E-state index is 13.8. The van der Waals surface area contributed by atoms with Crippen LogP contribution < -0.4 is 10.4 Å². The van der Waals surface area contributed by atoms with Gasteiger partial charge in [-0.05, 0) is 38.5 Å². The van der Waals surface area contributed by atoms with E-state index in [0.717, 1.165) is 22.3 Å². The van der Waals surface area contributed by atoms with Crippen molar-refractivity contribution in [2.75, 3.05) is 13.7 Å². The molecule has 3 atom stereocenters. The summed E-state index contributed by atoms with van der Waals surface area (Å²) in [6.07, 6.45) is -0.228. The van der Waals surface area contributed by atoms with Crippen LogP contribution in [0.1, 0.15) is 39.2 Å². The van der Waals surface area contributed by atoms with Crippen LogP contribution in [0.2, 0.25) is 5.04 Å². The molecular formula is C37H38O5Si. The summed E-state index contributed by atoms with van der Waals surface area (Å²) < 4.78 is 19.4. The summed E-state index contributed by atoms with van der Waals surface area (Å²) in [5.74, 6) is -0.789. The van der Waals surface area contributed by atoms with E-state index in [1.807, 2.05) is 42.5 Å². The second kappa shape index (κ2) is 11.3. The molecule has 1 fully saturated rings. The van der Waals surface area contributed by atoms with Gasteiger partial charge in [-0.15, -0.1) is 0 Å². The van der Waals surface area contributed by atoms with Gasteiger partial charge in [0.2, 0.25) is 0 Å². The highest BCUT2D eigenvalue weighted by molar-refractivity contribution is 6.99. The smallest absolute Gasteiger partial charge is 0.334 e. The first-order valence-electron chi connectivity index (χ1n) is 14.9. The second-order valence-electron chi connectivity index (χ2n) is 12.6. The Kier molecular flexibility index (Phi) is 7.71. The maximum atomic E-state index is 13.8. The SMILES string of the molecule is C=C1C(=O)O[C@H]2C3=C(c4ccccc4)C(=O)CC3=C(CO[Si](c3ccccc3)(c3ccccc3)C(C)(C)C)CC(OC)[C@H]12. The molecule has 3 aromatic carbocycles. The lowest BCUT2D eigenvalue weighted by Crippen LogP contribution is -2.66. The fraction of sp³-hybridized carbons (Fsp3) is 0.297. The number of Topliss-reactive ketones (excluding diaryl/α,β-unsaturated/α-hetero) is 1. The number of benzene rings is 3. The third-order valence-corrected chi connectivity index (χ3v) is 14.2. The lowest BCUT2D eigenvalue weighted by Gasteiger charge is -2.43. The lowest BCUT2D eigenvalue weighted by atomic mass is 9.85. The molecule has 1 saturated heterocycles. The molecule has 0 aromatic heterocycles. The van der Waals surface area contributed by atoms with Crippen molar-refractivity contribution in [3.8, 4) is 0 Å². The van der Waals surface area contributed by atoms with Gasteiger partial charge in [0.15, 0.2) is 5.78 Å². The van der Waals surface area contributed by atoms with Crippen molar-refractivity contribution in [1.29, 1.82) is 0 Å². The van der Waals surface area contributed by atoms with Crippen LogP contribution >= 0.6 is 0 Å². The van der Waals surface area contributed by atoms with E-state index < -0.39 is 26.3 Å². The molecule has 1 heterocycles. The van der Waals surface area contributed by atoms with Crippen LogP contribution in [0.3, 0.4) is 0 Å². The Hall–Kier alpha value is -3.84. The van der Waals surface area contributed by atoms with E-state index >= 15 is 0 Å². The summed E-state index contributed by atoms with van der Waals surface area (Å²) >= 11 is 0. The molecule has 6 rings (SSSR count). The first-order valence-corrected chi connectivity index (χ1v) is 16.8. The molecular weight excluding hydrogens is 552 g/mol. The molecule has 0 bridgehead atoms. The molecule has 43 heavy (non-hydrogen) atoms. The largest absolute Gasteiger partial charge is 0.453 e. The van der Waals surface area contributed by atoms with Gasteiger partial charge in [0.1, 0.15) is 6.10 Å². The number of rotatable bonds is 7. The van der Waals surface area contributed by atoms with Crippen LogP contribution in [0.4, 0.5) is 0 Å². The van der Waals surface area contributed by atoms with Crippen LogP contribution in [0.5, 0.6) is 0 Å². The van der Waals surface area contributed by atoms with Gasteiger partial charge >= 0.3 is 5.97 Å². The van der Waals surface area contributed by atoms with E-state index in [-0.39, 0.29) is 23.3 Å². The second-order valence-corrected chi connectivity index (χ2v) is 16.9. The third-order valence-electron chi connectivity index (χ3n) is 9.24. The molecule has 0 amide bonds. The number of allylic oxidation sites excluding steroid dienone is 1. The maximum Gasteiger partial charge on any atom is 0.334 e. The molecule has 1 aliphatic heterocycles. The zero-order valence-electron chi connectivity index (χ0n) is 25.3. The van der Waals surface area contributed by atoms with E-state index in [1.165, 1.54) is 10.4 Å². The highest BCUT2D eigenvalue weighted by atomic mass is 28.4. The van der Waals surface area contributed by atoms with Crippen molar-refractivity contribution in [2.24, 2.45) is 5.92 Å². The summed E-state index contributed by atoms with van der Waals surface area (Å²) in [6.45, 7) is 11.2. The molecule has 2 aliphatic carbocycles. The van der Waals surface area contributed by atoms with Gasteiger partial charge in [-0.3, -0.25) is 4.79 Å². The van der Waals surface area contributed by atoms with Crippen LogP contribution in [0, 0.1) is 5.92 Å². The average molecular weight is 591 g/mol. The van der Waals surface area contributed by atoms with Gasteiger partial charge in [-0.1, -0.05) is 118 Å². The van der Waals surface area contributed by atoms with E-state index in [1.54, 1.807) is 7.11 Å². The third kappa shape index (κ3) is 4.87.